The highest BCUT2D eigenvalue weighted by molar-refractivity contribution is 5.23. The molecule has 0 aromatic heterocycles. The van der Waals surface area contributed by atoms with Gasteiger partial charge in [-0.05, 0) is 32.4 Å². The van der Waals surface area contributed by atoms with Gasteiger partial charge in [0.25, 0.3) is 0 Å². The highest BCUT2D eigenvalue weighted by atomic mass is 19.1. The first-order chi connectivity index (χ1) is 8.22. The molecule has 17 heavy (non-hydrogen) atoms. The van der Waals surface area contributed by atoms with Gasteiger partial charge in [-0.1, -0.05) is 6.92 Å². The van der Waals surface area contributed by atoms with Crippen molar-refractivity contribution in [2.45, 2.75) is 26.2 Å². The van der Waals surface area contributed by atoms with E-state index in [1.807, 2.05) is 0 Å². The number of benzene rings is 1. The number of halogens is 2. The van der Waals surface area contributed by atoms with Crippen LogP contribution in [0.25, 0.3) is 0 Å². The number of hydrogen-bond acceptors (Lipinski definition) is 2. The summed E-state index contributed by atoms with van der Waals surface area (Å²) in [6, 6.07) is 3.23. The predicted molar refractivity (Wildman–Crippen MR) is 64.2 cm³/mol. The van der Waals surface area contributed by atoms with Crippen molar-refractivity contribution in [2.24, 2.45) is 0 Å². The van der Waals surface area contributed by atoms with E-state index >= 15 is 0 Å². The van der Waals surface area contributed by atoms with E-state index in [-0.39, 0.29) is 5.75 Å². The lowest BCUT2D eigenvalue weighted by molar-refractivity contribution is 0.302. The number of unbranched alkanes of at least 4 members (excludes halogenated alkanes) is 2. The van der Waals surface area contributed by atoms with E-state index in [2.05, 4.69) is 12.2 Å². The third-order valence-corrected chi connectivity index (χ3v) is 2.35. The van der Waals surface area contributed by atoms with Crippen molar-refractivity contribution < 1.29 is 13.5 Å². The average Bonchev–Trinajstić information content (AvgIpc) is 2.26. The van der Waals surface area contributed by atoms with E-state index in [1.54, 1.807) is 0 Å². The van der Waals surface area contributed by atoms with E-state index in [4.69, 9.17) is 4.74 Å². The van der Waals surface area contributed by atoms with Crippen molar-refractivity contribution in [2.75, 3.05) is 19.7 Å². The maximum Gasteiger partial charge on any atom is 0.129 e. The van der Waals surface area contributed by atoms with Gasteiger partial charge in [-0.3, -0.25) is 0 Å². The molecule has 0 spiro atoms. The van der Waals surface area contributed by atoms with Crippen LogP contribution in [0.5, 0.6) is 5.75 Å². The first kappa shape index (κ1) is 13.9. The van der Waals surface area contributed by atoms with Gasteiger partial charge in [0, 0.05) is 18.2 Å². The van der Waals surface area contributed by atoms with Crippen LogP contribution in [0, 0.1) is 11.6 Å². The van der Waals surface area contributed by atoms with Crippen molar-refractivity contribution in [3.8, 4) is 5.75 Å². The topological polar surface area (TPSA) is 21.3 Å². The normalized spacial score (nSPS) is 10.5. The minimum atomic E-state index is -0.604. The zero-order valence-electron chi connectivity index (χ0n) is 10.1. The molecule has 0 heterocycles. The summed E-state index contributed by atoms with van der Waals surface area (Å²) in [7, 11) is 0. The Kier molecular flexibility index (Phi) is 6.55. The van der Waals surface area contributed by atoms with Crippen LogP contribution in [0.2, 0.25) is 0 Å². The van der Waals surface area contributed by atoms with E-state index in [1.165, 1.54) is 12.1 Å². The molecular formula is C13H19F2NO. The summed E-state index contributed by atoms with van der Waals surface area (Å²) in [6.45, 7) is 4.56. The van der Waals surface area contributed by atoms with E-state index in [0.29, 0.717) is 6.61 Å². The lowest BCUT2D eigenvalue weighted by Crippen LogP contribution is -2.14. The van der Waals surface area contributed by atoms with Gasteiger partial charge in [0.15, 0.2) is 0 Å². The minimum absolute atomic E-state index is 0.259. The summed E-state index contributed by atoms with van der Waals surface area (Å²) in [5.41, 5.74) is 0. The highest BCUT2D eigenvalue weighted by Gasteiger charge is 2.00. The second-order valence-corrected chi connectivity index (χ2v) is 3.87. The molecule has 0 unspecified atom stereocenters. The minimum Gasteiger partial charge on any atom is -0.493 e. The third kappa shape index (κ3) is 6.22. The lowest BCUT2D eigenvalue weighted by atomic mass is 10.2. The van der Waals surface area contributed by atoms with Crippen LogP contribution in [-0.2, 0) is 0 Å². The van der Waals surface area contributed by atoms with Gasteiger partial charge in [0.2, 0.25) is 0 Å². The van der Waals surface area contributed by atoms with Crippen LogP contribution >= 0.6 is 0 Å². The number of rotatable bonds is 8. The molecule has 96 valence electrons. The average molecular weight is 243 g/mol. The number of hydrogen-bond donors (Lipinski definition) is 1. The fourth-order valence-corrected chi connectivity index (χ4v) is 1.51. The standard InChI is InChI=1S/C13H19F2NO/c1-2-16-6-4-3-5-7-17-13-9-11(14)8-12(15)10-13/h8-10,16H,2-7H2,1H3. The molecule has 0 radical (unpaired) electrons. The molecule has 0 amide bonds. The second-order valence-electron chi connectivity index (χ2n) is 3.87. The molecule has 0 fully saturated rings. The molecule has 0 bridgehead atoms. The summed E-state index contributed by atoms with van der Waals surface area (Å²) < 4.78 is 30.9. The molecule has 2 nitrogen and oxygen atoms in total. The van der Waals surface area contributed by atoms with Crippen molar-refractivity contribution in [1.82, 2.24) is 5.32 Å². The Bertz CT molecular complexity index is 311. The quantitative estimate of drug-likeness (QED) is 0.708. The molecule has 1 rings (SSSR count). The van der Waals surface area contributed by atoms with Crippen LogP contribution in [0.15, 0.2) is 18.2 Å². The van der Waals surface area contributed by atoms with Gasteiger partial charge in [0.05, 0.1) is 6.61 Å². The zero-order chi connectivity index (χ0) is 12.5. The van der Waals surface area contributed by atoms with Crippen molar-refractivity contribution in [3.05, 3.63) is 29.8 Å². The van der Waals surface area contributed by atoms with Crippen LogP contribution in [0.1, 0.15) is 26.2 Å². The van der Waals surface area contributed by atoms with Crippen LogP contribution in [0.3, 0.4) is 0 Å². The molecule has 0 saturated carbocycles. The van der Waals surface area contributed by atoms with Crippen LogP contribution < -0.4 is 10.1 Å². The first-order valence-electron chi connectivity index (χ1n) is 6.02. The van der Waals surface area contributed by atoms with Crippen molar-refractivity contribution in [1.29, 1.82) is 0 Å². The Morgan fingerprint density at radius 2 is 1.76 bits per heavy atom. The van der Waals surface area contributed by atoms with Gasteiger partial charge in [-0.2, -0.15) is 0 Å². The first-order valence-corrected chi connectivity index (χ1v) is 6.02. The molecule has 4 heteroatoms. The third-order valence-electron chi connectivity index (χ3n) is 2.35. The Balaban J connectivity index is 2.13. The molecular weight excluding hydrogens is 224 g/mol. The molecule has 0 aliphatic carbocycles. The Labute approximate surface area is 101 Å². The maximum atomic E-state index is 12.8. The summed E-state index contributed by atoms with van der Waals surface area (Å²) in [5.74, 6) is -0.950. The molecule has 1 N–H and O–H groups in total. The van der Waals surface area contributed by atoms with E-state index in [9.17, 15) is 8.78 Å². The van der Waals surface area contributed by atoms with Gasteiger partial charge < -0.3 is 10.1 Å². The molecule has 0 saturated heterocycles. The summed E-state index contributed by atoms with van der Waals surface area (Å²) in [4.78, 5) is 0. The van der Waals surface area contributed by atoms with Crippen LogP contribution in [-0.4, -0.2) is 19.7 Å². The monoisotopic (exact) mass is 243 g/mol. The van der Waals surface area contributed by atoms with Gasteiger partial charge >= 0.3 is 0 Å². The van der Waals surface area contributed by atoms with Gasteiger partial charge in [-0.15, -0.1) is 0 Å². The predicted octanol–water partition coefficient (Wildman–Crippen LogP) is 3.12. The maximum absolute atomic E-state index is 12.8. The Morgan fingerprint density at radius 1 is 1.06 bits per heavy atom. The molecule has 0 atom stereocenters. The number of nitrogens with one attached hydrogen (secondary N) is 1. The fraction of sp³-hybridized carbons (Fsp3) is 0.538. The smallest absolute Gasteiger partial charge is 0.129 e. The largest absolute Gasteiger partial charge is 0.493 e. The fourth-order valence-electron chi connectivity index (χ4n) is 1.51. The number of ether oxygens (including phenoxy) is 1. The van der Waals surface area contributed by atoms with Crippen molar-refractivity contribution in [3.63, 3.8) is 0 Å². The summed E-state index contributed by atoms with van der Waals surface area (Å²) in [5, 5.41) is 3.23. The highest BCUT2D eigenvalue weighted by Crippen LogP contribution is 2.15. The van der Waals surface area contributed by atoms with Crippen molar-refractivity contribution >= 4 is 0 Å². The summed E-state index contributed by atoms with van der Waals surface area (Å²) >= 11 is 0. The van der Waals surface area contributed by atoms with E-state index in [0.717, 1.165) is 38.4 Å². The molecule has 0 aliphatic heterocycles. The van der Waals surface area contributed by atoms with E-state index < -0.39 is 11.6 Å². The molecule has 1 aromatic rings. The van der Waals surface area contributed by atoms with Crippen LogP contribution in [0.4, 0.5) is 8.78 Å². The molecule has 0 aliphatic rings. The Morgan fingerprint density at radius 3 is 2.41 bits per heavy atom. The van der Waals surface area contributed by atoms with Gasteiger partial charge in [0.1, 0.15) is 17.4 Å². The summed E-state index contributed by atoms with van der Waals surface area (Å²) in [6.07, 6.45) is 3.03. The Hall–Kier alpha value is -1.16. The molecule has 1 aromatic carbocycles. The SMILES string of the molecule is CCNCCCCCOc1cc(F)cc(F)c1. The lowest BCUT2D eigenvalue weighted by Gasteiger charge is -2.06. The van der Waals surface area contributed by atoms with Gasteiger partial charge in [-0.25, -0.2) is 8.78 Å². The second kappa shape index (κ2) is 8.01. The zero-order valence-corrected chi connectivity index (χ0v) is 10.1.